The summed E-state index contributed by atoms with van der Waals surface area (Å²) in [6.07, 6.45) is 9.28. The molecule has 5 heteroatoms. The SMILES string of the molecule is Cc1ccc(C23CC4CC(CC(NC(=O)NC5CCN(CCO)CC5)(C4)C2)C3)cc1. The van der Waals surface area contributed by atoms with Gasteiger partial charge in [-0.1, -0.05) is 29.8 Å². The van der Waals surface area contributed by atoms with Crippen LogP contribution in [0.5, 0.6) is 0 Å². The number of benzene rings is 1. The quantitative estimate of drug-likeness (QED) is 0.696. The molecule has 4 bridgehead atoms. The number of piperidine rings is 1. The van der Waals surface area contributed by atoms with Crippen molar-refractivity contribution in [2.45, 2.75) is 75.3 Å². The Morgan fingerprint density at radius 3 is 2.40 bits per heavy atom. The minimum atomic E-state index is -0.0311. The molecule has 30 heavy (non-hydrogen) atoms. The van der Waals surface area contributed by atoms with Crippen LogP contribution in [0.3, 0.4) is 0 Å². The molecule has 1 saturated heterocycles. The number of aryl methyl sites for hydroxylation is 1. The summed E-state index contributed by atoms with van der Waals surface area (Å²) in [4.78, 5) is 15.3. The lowest BCUT2D eigenvalue weighted by Gasteiger charge is -2.62. The number of aliphatic hydroxyl groups is 1. The lowest BCUT2D eigenvalue weighted by atomic mass is 9.45. The molecule has 5 nitrogen and oxygen atoms in total. The molecule has 1 heterocycles. The molecule has 0 aromatic heterocycles. The number of hydrogen-bond donors (Lipinski definition) is 3. The molecule has 2 amide bonds. The van der Waals surface area contributed by atoms with Crippen molar-refractivity contribution in [3.05, 3.63) is 35.4 Å². The highest BCUT2D eigenvalue weighted by Gasteiger charge is 2.58. The van der Waals surface area contributed by atoms with E-state index in [1.165, 1.54) is 30.4 Å². The van der Waals surface area contributed by atoms with E-state index in [1.807, 2.05) is 0 Å². The largest absolute Gasteiger partial charge is 0.395 e. The summed E-state index contributed by atoms with van der Waals surface area (Å²) < 4.78 is 0. The van der Waals surface area contributed by atoms with Gasteiger partial charge in [0, 0.05) is 31.2 Å². The van der Waals surface area contributed by atoms with Crippen molar-refractivity contribution in [2.75, 3.05) is 26.2 Å². The second-order valence-electron chi connectivity index (χ2n) is 10.8. The second kappa shape index (κ2) is 7.83. The van der Waals surface area contributed by atoms with Crippen LogP contribution < -0.4 is 10.6 Å². The van der Waals surface area contributed by atoms with Gasteiger partial charge in [0.1, 0.15) is 0 Å². The minimum Gasteiger partial charge on any atom is -0.395 e. The molecular formula is C25H37N3O2. The molecule has 164 valence electrons. The third kappa shape index (κ3) is 3.87. The average Bonchev–Trinajstić information content (AvgIpc) is 2.68. The molecule has 4 saturated carbocycles. The summed E-state index contributed by atoms with van der Waals surface area (Å²) in [6, 6.07) is 9.48. The first-order valence-corrected chi connectivity index (χ1v) is 12.0. The molecule has 1 aliphatic heterocycles. The fourth-order valence-electron chi connectivity index (χ4n) is 7.56. The lowest BCUT2D eigenvalue weighted by molar-refractivity contribution is -0.0352. The first-order chi connectivity index (χ1) is 14.5. The van der Waals surface area contributed by atoms with E-state index in [-0.39, 0.29) is 29.6 Å². The van der Waals surface area contributed by atoms with Gasteiger partial charge in [0.25, 0.3) is 0 Å². The number of hydrogen-bond acceptors (Lipinski definition) is 3. The van der Waals surface area contributed by atoms with E-state index in [0.29, 0.717) is 0 Å². The lowest BCUT2D eigenvalue weighted by Crippen LogP contribution is -2.66. The van der Waals surface area contributed by atoms with Crippen LogP contribution in [0.1, 0.15) is 62.5 Å². The maximum atomic E-state index is 13.0. The Balaban J connectivity index is 1.26. The van der Waals surface area contributed by atoms with Crippen LogP contribution in [0.25, 0.3) is 0 Å². The molecule has 3 N–H and O–H groups in total. The fourth-order valence-corrected chi connectivity index (χ4v) is 7.56. The van der Waals surface area contributed by atoms with Crippen molar-refractivity contribution in [3.8, 4) is 0 Å². The second-order valence-corrected chi connectivity index (χ2v) is 10.8. The van der Waals surface area contributed by atoms with Crippen LogP contribution >= 0.6 is 0 Å². The highest BCUT2D eigenvalue weighted by Crippen LogP contribution is 2.62. The molecule has 1 aromatic rings. The first kappa shape index (κ1) is 20.3. The molecule has 4 aliphatic carbocycles. The van der Waals surface area contributed by atoms with Crippen LogP contribution in [0, 0.1) is 18.8 Å². The number of β-amino-alcohol motifs (C(OH)–C–C–N with tert-alkyl or cyclic N) is 1. The van der Waals surface area contributed by atoms with Gasteiger partial charge in [0.15, 0.2) is 0 Å². The Bertz CT molecular complexity index is 755. The average molecular weight is 412 g/mol. The summed E-state index contributed by atoms with van der Waals surface area (Å²) in [6.45, 7) is 5.03. The minimum absolute atomic E-state index is 0.0311. The number of carbonyl (C=O) groups is 1. The van der Waals surface area contributed by atoms with Crippen LogP contribution in [-0.2, 0) is 5.41 Å². The zero-order valence-corrected chi connectivity index (χ0v) is 18.3. The highest BCUT2D eigenvalue weighted by molar-refractivity contribution is 5.75. The maximum Gasteiger partial charge on any atom is 0.315 e. The van der Waals surface area contributed by atoms with E-state index in [4.69, 9.17) is 5.11 Å². The number of likely N-dealkylation sites (tertiary alicyclic amines) is 1. The van der Waals surface area contributed by atoms with Crippen LogP contribution in [-0.4, -0.2) is 53.9 Å². The number of amides is 2. The Morgan fingerprint density at radius 2 is 1.77 bits per heavy atom. The number of rotatable bonds is 5. The summed E-state index contributed by atoms with van der Waals surface area (Å²) in [5.41, 5.74) is 3.03. The topological polar surface area (TPSA) is 64.6 Å². The van der Waals surface area contributed by atoms with E-state index in [1.54, 1.807) is 0 Å². The van der Waals surface area contributed by atoms with Crippen molar-refractivity contribution >= 4 is 6.03 Å². The third-order valence-electron chi connectivity index (χ3n) is 8.44. The molecule has 2 unspecified atom stereocenters. The Morgan fingerprint density at radius 1 is 1.10 bits per heavy atom. The Kier molecular flexibility index (Phi) is 5.30. The van der Waals surface area contributed by atoms with Gasteiger partial charge in [0.05, 0.1) is 6.61 Å². The fraction of sp³-hybridized carbons (Fsp3) is 0.720. The summed E-state index contributed by atoms with van der Waals surface area (Å²) in [7, 11) is 0. The standard InChI is InChI=1S/C25H37N3O2/c1-18-2-4-21(5-3-18)24-13-19-12-20(14-24)16-25(15-19,17-24)27-23(30)26-22-6-8-28(9-7-22)10-11-29/h2-5,19-20,22,29H,6-17H2,1H3,(H2,26,27,30). The van der Waals surface area contributed by atoms with Crippen LogP contribution in [0.2, 0.25) is 0 Å². The number of urea groups is 1. The molecule has 1 aromatic carbocycles. The molecule has 5 aliphatic rings. The molecule has 5 fully saturated rings. The van der Waals surface area contributed by atoms with Crippen molar-refractivity contribution in [1.29, 1.82) is 0 Å². The van der Waals surface area contributed by atoms with Gasteiger partial charge >= 0.3 is 6.03 Å². The zero-order valence-electron chi connectivity index (χ0n) is 18.3. The first-order valence-electron chi connectivity index (χ1n) is 12.0. The van der Waals surface area contributed by atoms with Crippen LogP contribution in [0.15, 0.2) is 24.3 Å². The van der Waals surface area contributed by atoms with Gasteiger partial charge < -0.3 is 20.6 Å². The highest BCUT2D eigenvalue weighted by atomic mass is 16.3. The molecule has 0 spiro atoms. The van der Waals surface area contributed by atoms with Gasteiger partial charge in [0.2, 0.25) is 0 Å². The van der Waals surface area contributed by atoms with E-state index in [9.17, 15) is 4.79 Å². The molecular weight excluding hydrogens is 374 g/mol. The molecule has 0 radical (unpaired) electrons. The van der Waals surface area contributed by atoms with E-state index >= 15 is 0 Å². The van der Waals surface area contributed by atoms with Crippen molar-refractivity contribution in [3.63, 3.8) is 0 Å². The van der Waals surface area contributed by atoms with E-state index < -0.39 is 0 Å². The predicted octanol–water partition coefficient (Wildman–Crippen LogP) is 3.34. The van der Waals surface area contributed by atoms with Crippen molar-refractivity contribution in [1.82, 2.24) is 15.5 Å². The molecule has 6 rings (SSSR count). The molecule has 2 atom stereocenters. The van der Waals surface area contributed by atoms with Gasteiger partial charge in [-0.3, -0.25) is 0 Å². The number of nitrogens with one attached hydrogen (secondary N) is 2. The van der Waals surface area contributed by atoms with Gasteiger partial charge in [-0.2, -0.15) is 0 Å². The summed E-state index contributed by atoms with van der Waals surface area (Å²) in [5, 5.41) is 15.9. The van der Waals surface area contributed by atoms with E-state index in [2.05, 4.69) is 46.7 Å². The Labute approximate surface area is 180 Å². The number of nitrogens with zero attached hydrogens (tertiary/aromatic N) is 1. The normalized spacial score (nSPS) is 36.1. The van der Waals surface area contributed by atoms with Crippen molar-refractivity contribution in [2.24, 2.45) is 11.8 Å². The monoisotopic (exact) mass is 411 g/mol. The smallest absolute Gasteiger partial charge is 0.315 e. The van der Waals surface area contributed by atoms with Gasteiger partial charge in [-0.25, -0.2) is 4.79 Å². The maximum absolute atomic E-state index is 13.0. The number of carbonyl (C=O) groups excluding carboxylic acids is 1. The van der Waals surface area contributed by atoms with E-state index in [0.717, 1.165) is 63.6 Å². The number of aliphatic hydroxyl groups excluding tert-OH is 1. The van der Waals surface area contributed by atoms with Gasteiger partial charge in [-0.05, 0) is 81.1 Å². The third-order valence-corrected chi connectivity index (χ3v) is 8.44. The van der Waals surface area contributed by atoms with Crippen molar-refractivity contribution < 1.29 is 9.90 Å². The summed E-state index contributed by atoms with van der Waals surface area (Å²) >= 11 is 0. The predicted molar refractivity (Wildman–Crippen MR) is 118 cm³/mol. The van der Waals surface area contributed by atoms with Crippen LogP contribution in [0.4, 0.5) is 4.79 Å². The van der Waals surface area contributed by atoms with Gasteiger partial charge in [-0.15, -0.1) is 0 Å². The zero-order chi connectivity index (χ0) is 20.8. The Hall–Kier alpha value is -1.59. The summed E-state index contributed by atoms with van der Waals surface area (Å²) in [5.74, 6) is 1.49.